The van der Waals surface area contributed by atoms with E-state index in [1.54, 1.807) is 6.07 Å². The second kappa shape index (κ2) is 5.64. The number of rotatable bonds is 4. The molecular formula is C12H15N3O4. The highest BCUT2D eigenvalue weighted by Gasteiger charge is 2.27. The molecule has 0 radical (unpaired) electrons. The van der Waals surface area contributed by atoms with Crippen molar-refractivity contribution in [2.45, 2.75) is 31.7 Å². The fourth-order valence-electron chi connectivity index (χ4n) is 2.36. The summed E-state index contributed by atoms with van der Waals surface area (Å²) in [5.41, 5.74) is 0.682. The van der Waals surface area contributed by atoms with E-state index in [9.17, 15) is 14.9 Å². The smallest absolute Gasteiger partial charge is 0.363 e. The van der Waals surface area contributed by atoms with Crippen LogP contribution in [0.4, 0.5) is 11.5 Å². The summed E-state index contributed by atoms with van der Waals surface area (Å²) in [5, 5.41) is 22.7. The molecule has 0 aromatic carbocycles. The average Bonchev–Trinajstić information content (AvgIpc) is 2.39. The summed E-state index contributed by atoms with van der Waals surface area (Å²) < 4.78 is 0. The van der Waals surface area contributed by atoms with Gasteiger partial charge in [0.2, 0.25) is 0 Å². The first-order chi connectivity index (χ1) is 9.06. The van der Waals surface area contributed by atoms with Crippen molar-refractivity contribution in [2.24, 2.45) is 5.92 Å². The molecule has 102 valence electrons. The van der Waals surface area contributed by atoms with Gasteiger partial charge in [-0.05, 0) is 35.2 Å². The Morgan fingerprint density at radius 3 is 2.84 bits per heavy atom. The van der Waals surface area contributed by atoms with Crippen LogP contribution in [0.3, 0.4) is 0 Å². The Hall–Kier alpha value is -2.18. The summed E-state index contributed by atoms with van der Waals surface area (Å²) in [6, 6.07) is 3.01. The number of carboxylic acid groups (broad SMARTS) is 1. The normalized spacial score (nSPS) is 22.7. The minimum atomic E-state index is -0.756. The Morgan fingerprint density at radius 2 is 2.26 bits per heavy atom. The summed E-state index contributed by atoms with van der Waals surface area (Å²) in [5.74, 6) is -1.26. The lowest BCUT2D eigenvalue weighted by molar-refractivity contribution is -0.389. The van der Waals surface area contributed by atoms with E-state index in [1.807, 2.05) is 0 Å². The number of nitro groups is 1. The van der Waals surface area contributed by atoms with E-state index in [2.05, 4.69) is 10.3 Å². The second-order valence-electron chi connectivity index (χ2n) is 4.71. The Morgan fingerprint density at radius 1 is 1.47 bits per heavy atom. The fraction of sp³-hybridized carbons (Fsp3) is 0.500. The molecule has 1 fully saturated rings. The number of pyridine rings is 1. The van der Waals surface area contributed by atoms with Crippen LogP contribution in [-0.4, -0.2) is 27.0 Å². The van der Waals surface area contributed by atoms with Crippen LogP contribution in [0.5, 0.6) is 0 Å². The molecular weight excluding hydrogens is 250 g/mol. The van der Waals surface area contributed by atoms with Gasteiger partial charge in [0.05, 0.1) is 11.6 Å². The number of carboxylic acids is 1. The molecule has 1 aromatic rings. The first kappa shape index (κ1) is 13.3. The molecule has 2 unspecified atom stereocenters. The maximum absolute atomic E-state index is 11.0. The maximum atomic E-state index is 11.0. The molecule has 0 bridgehead atoms. The van der Waals surface area contributed by atoms with Gasteiger partial charge < -0.3 is 20.5 Å². The molecule has 0 aliphatic heterocycles. The third kappa shape index (κ3) is 3.40. The van der Waals surface area contributed by atoms with Crippen LogP contribution >= 0.6 is 0 Å². The zero-order valence-electron chi connectivity index (χ0n) is 10.3. The number of aromatic nitrogens is 1. The molecule has 2 N–H and O–H groups in total. The van der Waals surface area contributed by atoms with Crippen molar-refractivity contribution >= 4 is 17.5 Å². The summed E-state index contributed by atoms with van der Waals surface area (Å²) in [7, 11) is 0. The standard InChI is InChI=1S/C12H15N3O4/c16-12(17)8-2-1-3-9(6-8)14-10-4-5-11(13-7-10)15(18)19/h4-5,7-9,14H,1-3,6H2,(H,16,17). The molecule has 7 heteroatoms. The molecule has 7 nitrogen and oxygen atoms in total. The number of hydrogen-bond donors (Lipinski definition) is 2. The summed E-state index contributed by atoms with van der Waals surface area (Å²) in [4.78, 5) is 24.6. The predicted molar refractivity (Wildman–Crippen MR) is 67.9 cm³/mol. The van der Waals surface area contributed by atoms with Crippen molar-refractivity contribution in [1.29, 1.82) is 0 Å². The minimum Gasteiger partial charge on any atom is -0.481 e. The summed E-state index contributed by atoms with van der Waals surface area (Å²) in [6.45, 7) is 0. The van der Waals surface area contributed by atoms with Crippen molar-refractivity contribution in [3.8, 4) is 0 Å². The van der Waals surface area contributed by atoms with Crippen LogP contribution in [-0.2, 0) is 4.79 Å². The third-order valence-corrected chi connectivity index (χ3v) is 3.33. The molecule has 1 aliphatic carbocycles. The van der Waals surface area contributed by atoms with Gasteiger partial charge in [-0.3, -0.25) is 4.79 Å². The fourth-order valence-corrected chi connectivity index (χ4v) is 2.36. The van der Waals surface area contributed by atoms with E-state index < -0.39 is 10.9 Å². The van der Waals surface area contributed by atoms with Crippen molar-refractivity contribution in [2.75, 3.05) is 5.32 Å². The minimum absolute atomic E-state index is 0.0816. The molecule has 2 rings (SSSR count). The summed E-state index contributed by atoms with van der Waals surface area (Å²) >= 11 is 0. The zero-order valence-corrected chi connectivity index (χ0v) is 10.3. The van der Waals surface area contributed by atoms with Gasteiger partial charge in [0.15, 0.2) is 6.20 Å². The van der Waals surface area contributed by atoms with Crippen molar-refractivity contribution in [3.05, 3.63) is 28.4 Å². The van der Waals surface area contributed by atoms with Gasteiger partial charge >= 0.3 is 11.8 Å². The maximum Gasteiger partial charge on any atom is 0.363 e. The van der Waals surface area contributed by atoms with E-state index in [4.69, 9.17) is 5.11 Å². The van der Waals surface area contributed by atoms with E-state index in [0.29, 0.717) is 18.5 Å². The van der Waals surface area contributed by atoms with Crippen LogP contribution in [0.1, 0.15) is 25.7 Å². The Bertz CT molecular complexity index is 474. The largest absolute Gasteiger partial charge is 0.481 e. The summed E-state index contributed by atoms with van der Waals surface area (Å²) in [6.07, 6.45) is 4.47. The van der Waals surface area contributed by atoms with Crippen molar-refractivity contribution in [1.82, 2.24) is 4.98 Å². The molecule has 0 amide bonds. The molecule has 1 aliphatic rings. The molecule has 1 aromatic heterocycles. The quantitative estimate of drug-likeness (QED) is 0.637. The van der Waals surface area contributed by atoms with Gasteiger partial charge in [-0.1, -0.05) is 6.42 Å². The lowest BCUT2D eigenvalue weighted by Gasteiger charge is -2.27. The number of aliphatic carboxylic acids is 1. The van der Waals surface area contributed by atoms with Gasteiger partial charge in [0.25, 0.3) is 0 Å². The lowest BCUT2D eigenvalue weighted by Crippen LogP contribution is -2.30. The SMILES string of the molecule is O=C(O)C1CCCC(Nc2ccc([N+](=O)[O-])nc2)C1. The molecule has 1 saturated carbocycles. The van der Waals surface area contributed by atoms with E-state index in [-0.39, 0.29) is 17.8 Å². The molecule has 0 spiro atoms. The van der Waals surface area contributed by atoms with Gasteiger partial charge in [-0.2, -0.15) is 0 Å². The van der Waals surface area contributed by atoms with Gasteiger partial charge in [0, 0.05) is 12.1 Å². The number of nitrogens with zero attached hydrogens (tertiary/aromatic N) is 2. The number of nitrogens with one attached hydrogen (secondary N) is 1. The number of carbonyl (C=O) groups is 1. The van der Waals surface area contributed by atoms with Crippen molar-refractivity contribution < 1.29 is 14.8 Å². The third-order valence-electron chi connectivity index (χ3n) is 3.33. The Kier molecular flexibility index (Phi) is 3.94. The van der Waals surface area contributed by atoms with Gasteiger partial charge in [0.1, 0.15) is 0 Å². The Labute approximate surface area is 109 Å². The zero-order chi connectivity index (χ0) is 13.8. The van der Waals surface area contributed by atoms with Crippen LogP contribution in [0, 0.1) is 16.0 Å². The van der Waals surface area contributed by atoms with Crippen LogP contribution in [0.2, 0.25) is 0 Å². The van der Waals surface area contributed by atoms with E-state index >= 15 is 0 Å². The lowest BCUT2D eigenvalue weighted by atomic mass is 9.86. The van der Waals surface area contributed by atoms with Crippen LogP contribution < -0.4 is 5.32 Å². The average molecular weight is 265 g/mol. The van der Waals surface area contributed by atoms with Gasteiger partial charge in [-0.25, -0.2) is 0 Å². The van der Waals surface area contributed by atoms with Crippen LogP contribution in [0.25, 0.3) is 0 Å². The molecule has 0 saturated heterocycles. The first-order valence-electron chi connectivity index (χ1n) is 6.16. The van der Waals surface area contributed by atoms with Crippen LogP contribution in [0.15, 0.2) is 18.3 Å². The topological polar surface area (TPSA) is 105 Å². The van der Waals surface area contributed by atoms with Crippen molar-refractivity contribution in [3.63, 3.8) is 0 Å². The highest BCUT2D eigenvalue weighted by atomic mass is 16.6. The first-order valence-corrected chi connectivity index (χ1v) is 6.16. The predicted octanol–water partition coefficient (Wildman–Crippen LogP) is 2.05. The molecule has 2 atom stereocenters. The van der Waals surface area contributed by atoms with Gasteiger partial charge in [-0.15, -0.1) is 0 Å². The molecule has 1 heterocycles. The number of anilines is 1. The highest BCUT2D eigenvalue weighted by molar-refractivity contribution is 5.70. The molecule has 19 heavy (non-hydrogen) atoms. The van der Waals surface area contributed by atoms with E-state index in [0.717, 1.165) is 12.8 Å². The van der Waals surface area contributed by atoms with E-state index in [1.165, 1.54) is 12.3 Å². The Balaban J connectivity index is 1.96. The second-order valence-corrected chi connectivity index (χ2v) is 4.71. The monoisotopic (exact) mass is 265 g/mol. The highest BCUT2D eigenvalue weighted by Crippen LogP contribution is 2.27. The number of hydrogen-bond acceptors (Lipinski definition) is 5.